The van der Waals surface area contributed by atoms with Crippen LogP contribution in [0.15, 0.2) is 35.0 Å². The van der Waals surface area contributed by atoms with Crippen molar-refractivity contribution >= 4 is 23.2 Å². The molecule has 0 atom stereocenters. The van der Waals surface area contributed by atoms with Crippen LogP contribution >= 0.6 is 11.6 Å². The number of methoxy groups -OCH3 is 1. The molecular formula is C13H15ClN2O2. The van der Waals surface area contributed by atoms with Crippen molar-refractivity contribution in [1.82, 2.24) is 4.90 Å². The molecule has 4 nitrogen and oxygen atoms in total. The number of anilines is 1. The summed E-state index contributed by atoms with van der Waals surface area (Å²) in [5.41, 5.74) is 1.65. The molecule has 0 bridgehead atoms. The largest absolute Gasteiger partial charge is 0.497 e. The van der Waals surface area contributed by atoms with Crippen molar-refractivity contribution in [2.24, 2.45) is 0 Å². The Labute approximate surface area is 111 Å². The minimum atomic E-state index is -0.162. The molecule has 0 unspecified atom stereocenters. The van der Waals surface area contributed by atoms with Crippen LogP contribution in [0.2, 0.25) is 0 Å². The summed E-state index contributed by atoms with van der Waals surface area (Å²) in [5, 5.41) is 0.288. The van der Waals surface area contributed by atoms with Crippen LogP contribution in [0, 0.1) is 0 Å². The van der Waals surface area contributed by atoms with Crippen LogP contribution in [-0.4, -0.2) is 38.6 Å². The fourth-order valence-corrected chi connectivity index (χ4v) is 2.17. The maximum Gasteiger partial charge on any atom is 0.271 e. The summed E-state index contributed by atoms with van der Waals surface area (Å²) in [6, 6.07) is 7.34. The third-order valence-corrected chi connectivity index (χ3v) is 3.30. The zero-order valence-electron chi connectivity index (χ0n) is 10.6. The SMILES string of the molecule is COc1ccc(N2CC(N(C)C)=C(Cl)C2=O)cc1. The molecule has 0 fully saturated rings. The molecular weight excluding hydrogens is 252 g/mol. The molecule has 0 N–H and O–H groups in total. The molecule has 1 aromatic carbocycles. The van der Waals surface area contributed by atoms with E-state index in [1.807, 2.05) is 43.3 Å². The van der Waals surface area contributed by atoms with Crippen molar-refractivity contribution in [2.45, 2.75) is 0 Å². The smallest absolute Gasteiger partial charge is 0.271 e. The molecule has 5 heteroatoms. The topological polar surface area (TPSA) is 32.8 Å². The fourth-order valence-electron chi connectivity index (χ4n) is 1.84. The van der Waals surface area contributed by atoms with Gasteiger partial charge in [-0.05, 0) is 24.3 Å². The minimum absolute atomic E-state index is 0.162. The Morgan fingerprint density at radius 2 is 1.89 bits per heavy atom. The predicted octanol–water partition coefficient (Wildman–Crippen LogP) is 2.05. The third kappa shape index (κ3) is 2.16. The molecule has 0 saturated heterocycles. The lowest BCUT2D eigenvalue weighted by Crippen LogP contribution is -2.27. The van der Waals surface area contributed by atoms with Gasteiger partial charge >= 0.3 is 0 Å². The number of carbonyl (C=O) groups is 1. The van der Waals surface area contributed by atoms with Gasteiger partial charge in [-0.2, -0.15) is 0 Å². The van der Waals surface area contributed by atoms with E-state index in [1.165, 1.54) is 0 Å². The number of amides is 1. The Morgan fingerprint density at radius 1 is 1.28 bits per heavy atom. The highest BCUT2D eigenvalue weighted by atomic mass is 35.5. The van der Waals surface area contributed by atoms with Crippen molar-refractivity contribution in [3.8, 4) is 5.75 Å². The van der Waals surface area contributed by atoms with Crippen LogP contribution < -0.4 is 9.64 Å². The van der Waals surface area contributed by atoms with E-state index in [1.54, 1.807) is 12.0 Å². The second kappa shape index (κ2) is 4.90. The van der Waals surface area contributed by atoms with Gasteiger partial charge in [0.05, 0.1) is 19.4 Å². The Bertz CT molecular complexity index is 494. The van der Waals surface area contributed by atoms with Crippen molar-refractivity contribution < 1.29 is 9.53 Å². The number of benzene rings is 1. The van der Waals surface area contributed by atoms with E-state index in [4.69, 9.17) is 16.3 Å². The molecule has 1 aromatic rings. The molecule has 1 aliphatic rings. The second-order valence-corrected chi connectivity index (χ2v) is 4.62. The van der Waals surface area contributed by atoms with Crippen molar-refractivity contribution in [3.63, 3.8) is 0 Å². The van der Waals surface area contributed by atoms with E-state index in [9.17, 15) is 4.79 Å². The van der Waals surface area contributed by atoms with E-state index < -0.39 is 0 Å². The highest BCUT2D eigenvalue weighted by Gasteiger charge is 2.31. The van der Waals surface area contributed by atoms with Gasteiger partial charge in [0, 0.05) is 19.8 Å². The Kier molecular flexibility index (Phi) is 3.48. The summed E-state index contributed by atoms with van der Waals surface area (Å²) in [7, 11) is 5.36. The molecule has 0 radical (unpaired) electrons. The molecule has 0 saturated carbocycles. The molecule has 0 aliphatic carbocycles. The summed E-state index contributed by atoms with van der Waals surface area (Å²) in [5.74, 6) is 0.600. The lowest BCUT2D eigenvalue weighted by Gasteiger charge is -2.19. The van der Waals surface area contributed by atoms with E-state index in [-0.39, 0.29) is 10.9 Å². The Hall–Kier alpha value is -1.68. The van der Waals surface area contributed by atoms with Crippen molar-refractivity contribution in [3.05, 3.63) is 35.0 Å². The number of halogens is 1. The van der Waals surface area contributed by atoms with Gasteiger partial charge in [-0.3, -0.25) is 4.79 Å². The summed E-state index contributed by atoms with van der Waals surface area (Å²) in [6.45, 7) is 0.497. The quantitative estimate of drug-likeness (QED) is 0.840. The standard InChI is InChI=1S/C13H15ClN2O2/c1-15(2)11-8-16(13(17)12(11)14)9-4-6-10(18-3)7-5-9/h4-7H,8H2,1-3H3. The van der Waals surface area contributed by atoms with Gasteiger partial charge in [0.1, 0.15) is 10.8 Å². The van der Waals surface area contributed by atoms with E-state index >= 15 is 0 Å². The highest BCUT2D eigenvalue weighted by molar-refractivity contribution is 6.45. The lowest BCUT2D eigenvalue weighted by molar-refractivity contribution is -0.114. The summed E-state index contributed by atoms with van der Waals surface area (Å²) in [6.07, 6.45) is 0. The number of ether oxygens (including phenoxy) is 1. The van der Waals surface area contributed by atoms with Crippen LogP contribution in [0.3, 0.4) is 0 Å². The molecule has 0 aromatic heterocycles. The summed E-state index contributed by atoms with van der Waals surface area (Å²) < 4.78 is 5.09. The zero-order chi connectivity index (χ0) is 13.3. The average Bonchev–Trinajstić information content (AvgIpc) is 2.67. The highest BCUT2D eigenvalue weighted by Crippen LogP contribution is 2.29. The maximum atomic E-state index is 12.1. The van der Waals surface area contributed by atoms with E-state index in [0.717, 1.165) is 17.1 Å². The van der Waals surface area contributed by atoms with Crippen molar-refractivity contribution in [1.29, 1.82) is 0 Å². The molecule has 1 heterocycles. The first-order chi connectivity index (χ1) is 8.54. The van der Waals surface area contributed by atoms with Crippen LogP contribution in [0.1, 0.15) is 0 Å². The number of carbonyl (C=O) groups excluding carboxylic acids is 1. The Balaban J connectivity index is 2.24. The first-order valence-corrected chi connectivity index (χ1v) is 5.94. The van der Waals surface area contributed by atoms with Crippen LogP contribution in [0.4, 0.5) is 5.69 Å². The molecule has 2 rings (SSSR count). The number of hydrogen-bond acceptors (Lipinski definition) is 3. The van der Waals surface area contributed by atoms with E-state index in [0.29, 0.717) is 6.54 Å². The van der Waals surface area contributed by atoms with Crippen LogP contribution in [0.25, 0.3) is 0 Å². The predicted molar refractivity (Wildman–Crippen MR) is 71.9 cm³/mol. The maximum absolute atomic E-state index is 12.1. The van der Waals surface area contributed by atoms with Gasteiger partial charge in [-0.15, -0.1) is 0 Å². The fraction of sp³-hybridized carbons (Fsp3) is 0.308. The normalized spacial score (nSPS) is 15.3. The van der Waals surface area contributed by atoms with Crippen molar-refractivity contribution in [2.75, 3.05) is 32.6 Å². The van der Waals surface area contributed by atoms with Crippen LogP contribution in [-0.2, 0) is 4.79 Å². The van der Waals surface area contributed by atoms with Gasteiger partial charge < -0.3 is 14.5 Å². The monoisotopic (exact) mass is 266 g/mol. The third-order valence-electron chi connectivity index (χ3n) is 2.92. The van der Waals surface area contributed by atoms with Gasteiger partial charge in [0.2, 0.25) is 0 Å². The molecule has 1 amide bonds. The molecule has 1 aliphatic heterocycles. The number of rotatable bonds is 3. The minimum Gasteiger partial charge on any atom is -0.497 e. The van der Waals surface area contributed by atoms with Gasteiger partial charge in [-0.25, -0.2) is 0 Å². The number of nitrogens with zero attached hydrogens (tertiary/aromatic N) is 2. The van der Waals surface area contributed by atoms with Gasteiger partial charge in [0.25, 0.3) is 5.91 Å². The summed E-state index contributed by atoms with van der Waals surface area (Å²) in [4.78, 5) is 15.6. The Morgan fingerprint density at radius 3 is 2.33 bits per heavy atom. The number of hydrogen-bond donors (Lipinski definition) is 0. The number of likely N-dealkylation sites (N-methyl/N-ethyl adjacent to an activating group) is 1. The lowest BCUT2D eigenvalue weighted by atomic mass is 10.3. The van der Waals surface area contributed by atoms with Gasteiger partial charge in [-0.1, -0.05) is 11.6 Å². The molecule has 18 heavy (non-hydrogen) atoms. The van der Waals surface area contributed by atoms with E-state index in [2.05, 4.69) is 0 Å². The summed E-state index contributed by atoms with van der Waals surface area (Å²) >= 11 is 6.05. The first kappa shape index (κ1) is 12.8. The molecule has 0 spiro atoms. The second-order valence-electron chi connectivity index (χ2n) is 4.24. The average molecular weight is 267 g/mol. The molecule has 96 valence electrons. The van der Waals surface area contributed by atoms with Crippen LogP contribution in [0.5, 0.6) is 5.75 Å². The first-order valence-electron chi connectivity index (χ1n) is 5.56. The zero-order valence-corrected chi connectivity index (χ0v) is 11.4. The van der Waals surface area contributed by atoms with Gasteiger partial charge in [0.15, 0.2) is 0 Å².